The van der Waals surface area contributed by atoms with E-state index in [1.54, 1.807) is 0 Å². The van der Waals surface area contributed by atoms with Gasteiger partial charge in [-0.05, 0) is 43.5 Å². The van der Waals surface area contributed by atoms with E-state index in [2.05, 4.69) is 24.1 Å². The van der Waals surface area contributed by atoms with Crippen LogP contribution in [0, 0.1) is 12.8 Å². The van der Waals surface area contributed by atoms with Crippen LogP contribution in [0.3, 0.4) is 0 Å². The summed E-state index contributed by atoms with van der Waals surface area (Å²) < 4.78 is 5.67. The van der Waals surface area contributed by atoms with Gasteiger partial charge in [0.05, 0.1) is 11.1 Å². The summed E-state index contributed by atoms with van der Waals surface area (Å²) in [6, 6.07) is 13.3. The zero-order chi connectivity index (χ0) is 17.1. The van der Waals surface area contributed by atoms with Gasteiger partial charge in [-0.3, -0.25) is 4.79 Å². The third-order valence-electron chi connectivity index (χ3n) is 3.96. The molecule has 0 fully saturated rings. The Hall–Kier alpha value is -2.62. The molecule has 0 radical (unpaired) electrons. The van der Waals surface area contributed by atoms with Gasteiger partial charge in [0.2, 0.25) is 0 Å². The van der Waals surface area contributed by atoms with Crippen molar-refractivity contribution >= 4 is 16.8 Å². The molecule has 0 aliphatic rings. The van der Waals surface area contributed by atoms with E-state index in [1.165, 1.54) is 0 Å². The summed E-state index contributed by atoms with van der Waals surface area (Å²) in [6.07, 6.45) is 0.957. The van der Waals surface area contributed by atoms with Gasteiger partial charge in [0.15, 0.2) is 5.76 Å². The molecule has 2 heterocycles. The van der Waals surface area contributed by atoms with E-state index in [-0.39, 0.29) is 5.91 Å². The number of aromatic nitrogens is 1. The van der Waals surface area contributed by atoms with Crippen molar-refractivity contribution in [3.8, 4) is 11.5 Å². The number of amides is 1. The molecular weight excluding hydrogens is 300 g/mol. The summed E-state index contributed by atoms with van der Waals surface area (Å²) in [5.41, 5.74) is 2.10. The summed E-state index contributed by atoms with van der Waals surface area (Å²) in [5, 5.41) is 3.86. The maximum absolute atomic E-state index is 12.7. The molecule has 2 aromatic heterocycles. The van der Waals surface area contributed by atoms with E-state index >= 15 is 0 Å². The Labute approximate surface area is 141 Å². The van der Waals surface area contributed by atoms with Gasteiger partial charge in [-0.15, -0.1) is 0 Å². The molecule has 124 valence electrons. The van der Waals surface area contributed by atoms with Gasteiger partial charge in [0.1, 0.15) is 11.5 Å². The first-order valence-corrected chi connectivity index (χ1v) is 8.29. The second kappa shape index (κ2) is 6.87. The van der Waals surface area contributed by atoms with Crippen molar-refractivity contribution in [2.24, 2.45) is 5.92 Å². The maximum atomic E-state index is 12.7. The molecule has 24 heavy (non-hydrogen) atoms. The first kappa shape index (κ1) is 16.2. The number of para-hydroxylation sites is 1. The number of rotatable bonds is 5. The van der Waals surface area contributed by atoms with Crippen molar-refractivity contribution in [3.05, 3.63) is 53.8 Å². The second-order valence-corrected chi connectivity index (χ2v) is 6.42. The van der Waals surface area contributed by atoms with Gasteiger partial charge in [0, 0.05) is 11.9 Å². The largest absolute Gasteiger partial charge is 0.460 e. The minimum absolute atomic E-state index is 0.0706. The van der Waals surface area contributed by atoms with E-state index < -0.39 is 0 Å². The van der Waals surface area contributed by atoms with E-state index in [1.807, 2.05) is 49.4 Å². The molecule has 3 rings (SSSR count). The second-order valence-electron chi connectivity index (χ2n) is 6.42. The Bertz CT molecular complexity index is 865. The number of fused-ring (bicyclic) bond motifs is 1. The molecule has 0 bridgehead atoms. The topological polar surface area (TPSA) is 55.1 Å². The summed E-state index contributed by atoms with van der Waals surface area (Å²) in [6.45, 7) is 6.85. The van der Waals surface area contributed by atoms with E-state index in [4.69, 9.17) is 4.42 Å². The highest BCUT2D eigenvalue weighted by atomic mass is 16.3. The molecule has 0 aliphatic heterocycles. The van der Waals surface area contributed by atoms with Gasteiger partial charge in [-0.1, -0.05) is 32.0 Å². The van der Waals surface area contributed by atoms with E-state index in [0.717, 1.165) is 23.1 Å². The fourth-order valence-corrected chi connectivity index (χ4v) is 2.63. The fourth-order valence-electron chi connectivity index (χ4n) is 2.63. The lowest BCUT2D eigenvalue weighted by Crippen LogP contribution is -2.25. The molecule has 0 saturated carbocycles. The highest BCUT2D eigenvalue weighted by molar-refractivity contribution is 6.07. The lowest BCUT2D eigenvalue weighted by molar-refractivity contribution is 0.0953. The van der Waals surface area contributed by atoms with Crippen LogP contribution in [-0.4, -0.2) is 17.4 Å². The fraction of sp³-hybridized carbons (Fsp3) is 0.300. The molecule has 1 aromatic carbocycles. The van der Waals surface area contributed by atoms with E-state index in [0.29, 0.717) is 29.5 Å². The summed E-state index contributed by atoms with van der Waals surface area (Å²) in [5.74, 6) is 1.98. The Morgan fingerprint density at radius 1 is 1.21 bits per heavy atom. The van der Waals surface area contributed by atoms with Crippen LogP contribution >= 0.6 is 0 Å². The Morgan fingerprint density at radius 2 is 2.00 bits per heavy atom. The number of nitrogens with one attached hydrogen (secondary N) is 1. The number of nitrogens with zero attached hydrogens (tertiary/aromatic N) is 1. The minimum Gasteiger partial charge on any atom is -0.460 e. The van der Waals surface area contributed by atoms with Crippen LogP contribution in [0.2, 0.25) is 0 Å². The van der Waals surface area contributed by atoms with Crippen molar-refractivity contribution in [1.82, 2.24) is 10.3 Å². The predicted molar refractivity (Wildman–Crippen MR) is 96.0 cm³/mol. The molecule has 4 heteroatoms. The van der Waals surface area contributed by atoms with Gasteiger partial charge in [0.25, 0.3) is 5.91 Å². The first-order valence-electron chi connectivity index (χ1n) is 8.29. The summed E-state index contributed by atoms with van der Waals surface area (Å²) in [7, 11) is 0. The molecule has 0 spiro atoms. The van der Waals surface area contributed by atoms with Crippen LogP contribution in [0.15, 0.2) is 46.9 Å². The highest BCUT2D eigenvalue weighted by Gasteiger charge is 2.15. The molecule has 0 unspecified atom stereocenters. The smallest absolute Gasteiger partial charge is 0.252 e. The normalized spacial score (nSPS) is 11.2. The number of furan rings is 1. The average Bonchev–Trinajstić information content (AvgIpc) is 3.00. The lowest BCUT2D eigenvalue weighted by Gasteiger charge is -2.10. The standard InChI is InChI=1S/C20H22N2O2/c1-13(2)10-11-21-20(23)16-12-18(19-9-8-14(3)24-19)22-17-7-5-4-6-15(16)17/h4-9,12-13H,10-11H2,1-3H3,(H,21,23). The van der Waals surface area contributed by atoms with Crippen molar-refractivity contribution in [2.75, 3.05) is 6.54 Å². The minimum atomic E-state index is -0.0706. The molecule has 0 aliphatic carbocycles. The van der Waals surface area contributed by atoms with Gasteiger partial charge >= 0.3 is 0 Å². The van der Waals surface area contributed by atoms with Crippen molar-refractivity contribution in [2.45, 2.75) is 27.2 Å². The number of hydrogen-bond acceptors (Lipinski definition) is 3. The van der Waals surface area contributed by atoms with Crippen molar-refractivity contribution in [3.63, 3.8) is 0 Å². The zero-order valence-corrected chi connectivity index (χ0v) is 14.3. The van der Waals surface area contributed by atoms with Crippen molar-refractivity contribution in [1.29, 1.82) is 0 Å². The van der Waals surface area contributed by atoms with Crippen molar-refractivity contribution < 1.29 is 9.21 Å². The third-order valence-corrected chi connectivity index (χ3v) is 3.96. The number of benzene rings is 1. The third kappa shape index (κ3) is 3.48. The van der Waals surface area contributed by atoms with Crippen LogP contribution in [0.4, 0.5) is 0 Å². The first-order chi connectivity index (χ1) is 11.5. The van der Waals surface area contributed by atoms with Crippen LogP contribution in [-0.2, 0) is 0 Å². The average molecular weight is 322 g/mol. The molecule has 1 amide bonds. The summed E-state index contributed by atoms with van der Waals surface area (Å²) >= 11 is 0. The van der Waals surface area contributed by atoms with Gasteiger partial charge < -0.3 is 9.73 Å². The Balaban J connectivity index is 2.00. The molecule has 3 aromatic rings. The Kier molecular flexibility index (Phi) is 4.65. The Morgan fingerprint density at radius 3 is 2.71 bits per heavy atom. The van der Waals surface area contributed by atoms with Crippen LogP contribution < -0.4 is 5.32 Å². The zero-order valence-electron chi connectivity index (χ0n) is 14.3. The monoisotopic (exact) mass is 322 g/mol. The van der Waals surface area contributed by atoms with Crippen LogP contribution in [0.5, 0.6) is 0 Å². The number of carbonyl (C=O) groups is 1. The lowest BCUT2D eigenvalue weighted by atomic mass is 10.1. The number of aryl methyl sites for hydroxylation is 1. The number of hydrogen-bond donors (Lipinski definition) is 1. The van der Waals surface area contributed by atoms with Gasteiger partial charge in [-0.2, -0.15) is 0 Å². The summed E-state index contributed by atoms with van der Waals surface area (Å²) in [4.78, 5) is 17.3. The number of carbonyl (C=O) groups excluding carboxylic acids is 1. The molecule has 0 atom stereocenters. The molecule has 4 nitrogen and oxygen atoms in total. The SMILES string of the molecule is Cc1ccc(-c2cc(C(=O)NCCC(C)C)c3ccccc3n2)o1. The number of pyridine rings is 1. The quantitative estimate of drug-likeness (QED) is 0.748. The predicted octanol–water partition coefficient (Wildman–Crippen LogP) is 4.58. The van der Waals surface area contributed by atoms with E-state index in [9.17, 15) is 4.79 Å². The highest BCUT2D eigenvalue weighted by Crippen LogP contribution is 2.26. The molecular formula is C20H22N2O2. The van der Waals surface area contributed by atoms with Crippen LogP contribution in [0.25, 0.3) is 22.4 Å². The molecule has 1 N–H and O–H groups in total. The molecule has 0 saturated heterocycles. The van der Waals surface area contributed by atoms with Crippen LogP contribution in [0.1, 0.15) is 36.4 Å². The maximum Gasteiger partial charge on any atom is 0.252 e. The van der Waals surface area contributed by atoms with Gasteiger partial charge in [-0.25, -0.2) is 4.98 Å².